The number of pyridine rings is 1. The van der Waals surface area contributed by atoms with Crippen LogP contribution in [-0.4, -0.2) is 35.8 Å². The number of aromatic nitrogens is 1. The predicted octanol–water partition coefficient (Wildman–Crippen LogP) is 0.837. The van der Waals surface area contributed by atoms with E-state index in [0.717, 1.165) is 0 Å². The van der Waals surface area contributed by atoms with E-state index in [1.54, 1.807) is 12.1 Å². The second kappa shape index (κ2) is 6.20. The third kappa shape index (κ3) is 4.03. The van der Waals surface area contributed by atoms with Crippen LogP contribution in [0.5, 0.6) is 5.75 Å². The fourth-order valence-corrected chi connectivity index (χ4v) is 1.19. The molecule has 1 amide bonds. The fraction of sp³-hybridized carbons (Fsp3) is 0.500. The molecule has 0 aliphatic heterocycles. The largest absolute Gasteiger partial charge is 0.497 e. The van der Waals surface area contributed by atoms with Crippen molar-refractivity contribution in [2.45, 2.75) is 20.0 Å². The summed E-state index contributed by atoms with van der Waals surface area (Å²) in [5.74, 6) is 0.367. The zero-order chi connectivity index (χ0) is 12.8. The number of nitrogens with zero attached hydrogens (tertiary/aromatic N) is 1. The molecular weight excluding hydrogens is 220 g/mol. The molecule has 1 heterocycles. The molecule has 94 valence electrons. The van der Waals surface area contributed by atoms with Crippen LogP contribution in [0.25, 0.3) is 0 Å². The van der Waals surface area contributed by atoms with Crippen molar-refractivity contribution in [1.82, 2.24) is 10.3 Å². The molecule has 5 nitrogen and oxygen atoms in total. The molecule has 2 N–H and O–H groups in total. The number of aliphatic hydroxyl groups excluding tert-OH is 1. The van der Waals surface area contributed by atoms with Crippen molar-refractivity contribution in [3.05, 3.63) is 24.0 Å². The van der Waals surface area contributed by atoms with Crippen molar-refractivity contribution in [2.75, 3.05) is 13.7 Å². The van der Waals surface area contributed by atoms with Gasteiger partial charge >= 0.3 is 0 Å². The highest BCUT2D eigenvalue weighted by atomic mass is 16.5. The van der Waals surface area contributed by atoms with Gasteiger partial charge in [0.05, 0.1) is 13.2 Å². The van der Waals surface area contributed by atoms with Gasteiger partial charge in [0.1, 0.15) is 11.4 Å². The van der Waals surface area contributed by atoms with E-state index in [-0.39, 0.29) is 24.1 Å². The third-order valence-electron chi connectivity index (χ3n) is 2.44. The summed E-state index contributed by atoms with van der Waals surface area (Å²) in [4.78, 5) is 15.6. The lowest BCUT2D eigenvalue weighted by atomic mass is 10.1. The summed E-state index contributed by atoms with van der Waals surface area (Å²) in [6.07, 6.45) is 0.955. The van der Waals surface area contributed by atoms with Gasteiger partial charge < -0.3 is 15.2 Å². The SMILES string of the molecule is COc1ccnc(C(=O)NCC(O)C(C)C)c1. The Labute approximate surface area is 101 Å². The van der Waals surface area contributed by atoms with Crippen LogP contribution in [-0.2, 0) is 0 Å². The summed E-state index contributed by atoms with van der Waals surface area (Å²) in [5.41, 5.74) is 0.278. The van der Waals surface area contributed by atoms with Crippen LogP contribution in [0.15, 0.2) is 18.3 Å². The van der Waals surface area contributed by atoms with Crippen molar-refractivity contribution in [3.63, 3.8) is 0 Å². The summed E-state index contributed by atoms with van der Waals surface area (Å²) in [7, 11) is 1.53. The number of hydrogen-bond donors (Lipinski definition) is 2. The Bertz CT molecular complexity index is 380. The monoisotopic (exact) mass is 238 g/mol. The highest BCUT2D eigenvalue weighted by Gasteiger charge is 2.13. The topological polar surface area (TPSA) is 71.5 Å². The Hall–Kier alpha value is -1.62. The Morgan fingerprint density at radius 3 is 2.88 bits per heavy atom. The van der Waals surface area contributed by atoms with Crippen molar-refractivity contribution in [2.24, 2.45) is 5.92 Å². The Kier molecular flexibility index (Phi) is 4.90. The summed E-state index contributed by atoms with van der Waals surface area (Å²) in [6.45, 7) is 4.00. The predicted molar refractivity (Wildman–Crippen MR) is 64.0 cm³/mol. The van der Waals surface area contributed by atoms with Crippen molar-refractivity contribution < 1.29 is 14.6 Å². The normalized spacial score (nSPS) is 12.3. The molecule has 0 saturated heterocycles. The minimum Gasteiger partial charge on any atom is -0.497 e. The van der Waals surface area contributed by atoms with Crippen molar-refractivity contribution >= 4 is 5.91 Å². The number of ether oxygens (including phenoxy) is 1. The van der Waals surface area contributed by atoms with E-state index < -0.39 is 6.10 Å². The molecule has 0 aromatic carbocycles. The summed E-state index contributed by atoms with van der Waals surface area (Å²) in [5, 5.41) is 12.2. The molecule has 0 radical (unpaired) electrons. The Balaban J connectivity index is 2.57. The maximum absolute atomic E-state index is 11.7. The van der Waals surface area contributed by atoms with E-state index >= 15 is 0 Å². The minimum atomic E-state index is -0.551. The zero-order valence-electron chi connectivity index (χ0n) is 10.3. The van der Waals surface area contributed by atoms with Gasteiger partial charge in [0.2, 0.25) is 0 Å². The molecular formula is C12H18N2O3. The van der Waals surface area contributed by atoms with Gasteiger partial charge in [-0.15, -0.1) is 0 Å². The lowest BCUT2D eigenvalue weighted by Crippen LogP contribution is -2.35. The van der Waals surface area contributed by atoms with E-state index in [0.29, 0.717) is 5.75 Å². The summed E-state index contributed by atoms with van der Waals surface area (Å²) >= 11 is 0. The van der Waals surface area contributed by atoms with Crippen LogP contribution in [0, 0.1) is 5.92 Å². The van der Waals surface area contributed by atoms with E-state index in [1.807, 2.05) is 13.8 Å². The van der Waals surface area contributed by atoms with E-state index in [9.17, 15) is 9.90 Å². The van der Waals surface area contributed by atoms with Gasteiger partial charge in [0.25, 0.3) is 5.91 Å². The van der Waals surface area contributed by atoms with E-state index in [2.05, 4.69) is 10.3 Å². The molecule has 1 unspecified atom stereocenters. The number of aliphatic hydroxyl groups is 1. The number of carbonyl (C=O) groups is 1. The van der Waals surface area contributed by atoms with Crippen LogP contribution < -0.4 is 10.1 Å². The number of carbonyl (C=O) groups excluding carboxylic acids is 1. The number of amides is 1. The minimum absolute atomic E-state index is 0.105. The molecule has 0 aliphatic carbocycles. The fourth-order valence-electron chi connectivity index (χ4n) is 1.19. The van der Waals surface area contributed by atoms with Gasteiger partial charge in [-0.1, -0.05) is 13.8 Å². The van der Waals surface area contributed by atoms with Gasteiger partial charge in [0.15, 0.2) is 0 Å². The van der Waals surface area contributed by atoms with Gasteiger partial charge in [-0.25, -0.2) is 0 Å². The molecule has 0 saturated carbocycles. The molecule has 0 fully saturated rings. The number of nitrogens with one attached hydrogen (secondary N) is 1. The average Bonchev–Trinajstić information content (AvgIpc) is 2.35. The highest BCUT2D eigenvalue weighted by molar-refractivity contribution is 5.92. The average molecular weight is 238 g/mol. The zero-order valence-corrected chi connectivity index (χ0v) is 10.3. The maximum Gasteiger partial charge on any atom is 0.270 e. The standard InChI is InChI=1S/C12H18N2O3/c1-8(2)11(15)7-14-12(16)10-6-9(17-3)4-5-13-10/h4-6,8,11,15H,7H2,1-3H3,(H,14,16). The van der Waals surface area contributed by atoms with Crippen LogP contribution in [0.4, 0.5) is 0 Å². The highest BCUT2D eigenvalue weighted by Crippen LogP contribution is 2.09. The molecule has 1 aromatic heterocycles. The second-order valence-electron chi connectivity index (χ2n) is 4.10. The number of hydrogen-bond acceptors (Lipinski definition) is 4. The van der Waals surface area contributed by atoms with E-state index in [1.165, 1.54) is 13.3 Å². The maximum atomic E-state index is 11.7. The molecule has 1 atom stereocenters. The molecule has 1 rings (SSSR count). The number of rotatable bonds is 5. The number of methoxy groups -OCH3 is 1. The van der Waals surface area contributed by atoms with Crippen LogP contribution in [0.1, 0.15) is 24.3 Å². The smallest absolute Gasteiger partial charge is 0.270 e. The first-order chi connectivity index (χ1) is 8.04. The van der Waals surface area contributed by atoms with Gasteiger partial charge in [-0.05, 0) is 12.0 Å². The molecule has 0 bridgehead atoms. The first kappa shape index (κ1) is 13.4. The van der Waals surface area contributed by atoms with Gasteiger partial charge in [-0.3, -0.25) is 9.78 Å². The second-order valence-corrected chi connectivity index (χ2v) is 4.10. The molecule has 0 spiro atoms. The molecule has 0 aliphatic rings. The third-order valence-corrected chi connectivity index (χ3v) is 2.44. The van der Waals surface area contributed by atoms with Crippen LogP contribution in [0.3, 0.4) is 0 Å². The Morgan fingerprint density at radius 2 is 2.29 bits per heavy atom. The first-order valence-electron chi connectivity index (χ1n) is 5.51. The summed E-state index contributed by atoms with van der Waals surface area (Å²) < 4.78 is 5.00. The van der Waals surface area contributed by atoms with Gasteiger partial charge in [-0.2, -0.15) is 0 Å². The van der Waals surface area contributed by atoms with E-state index in [4.69, 9.17) is 4.74 Å². The van der Waals surface area contributed by atoms with Gasteiger partial charge in [0, 0.05) is 18.8 Å². The van der Waals surface area contributed by atoms with Crippen LogP contribution in [0.2, 0.25) is 0 Å². The lowest BCUT2D eigenvalue weighted by molar-refractivity contribution is 0.0867. The lowest BCUT2D eigenvalue weighted by Gasteiger charge is -2.14. The first-order valence-corrected chi connectivity index (χ1v) is 5.51. The molecule has 5 heteroatoms. The Morgan fingerprint density at radius 1 is 1.59 bits per heavy atom. The van der Waals surface area contributed by atoms with Crippen molar-refractivity contribution in [3.8, 4) is 5.75 Å². The molecule has 1 aromatic rings. The van der Waals surface area contributed by atoms with Crippen LogP contribution >= 0.6 is 0 Å². The van der Waals surface area contributed by atoms with Crippen molar-refractivity contribution in [1.29, 1.82) is 0 Å². The summed E-state index contributed by atoms with van der Waals surface area (Å²) in [6, 6.07) is 3.22. The quantitative estimate of drug-likeness (QED) is 0.797. The molecule has 17 heavy (non-hydrogen) atoms.